The minimum Gasteiger partial charge on any atom is -0.392 e. The SMILES string of the molecule is CCN(C1CNC1)C(C)C(C)O. The number of hydrogen-bond acceptors (Lipinski definition) is 3. The number of nitrogens with zero attached hydrogens (tertiary/aromatic N) is 1. The molecule has 0 radical (unpaired) electrons. The van der Waals surface area contributed by atoms with Crippen molar-refractivity contribution in [1.29, 1.82) is 0 Å². The molecule has 0 aromatic rings. The van der Waals surface area contributed by atoms with Gasteiger partial charge in [0.2, 0.25) is 0 Å². The third-order valence-electron chi connectivity index (χ3n) is 2.82. The van der Waals surface area contributed by atoms with Gasteiger partial charge in [0.1, 0.15) is 0 Å². The molecule has 72 valence electrons. The van der Waals surface area contributed by atoms with Gasteiger partial charge in [-0.2, -0.15) is 0 Å². The lowest BCUT2D eigenvalue weighted by atomic mass is 10.1. The average Bonchev–Trinajstić information content (AvgIpc) is 1.94. The fourth-order valence-corrected chi connectivity index (χ4v) is 1.66. The van der Waals surface area contributed by atoms with Crippen molar-refractivity contribution in [3.05, 3.63) is 0 Å². The normalized spacial score (nSPS) is 23.8. The third-order valence-corrected chi connectivity index (χ3v) is 2.82. The Bertz CT molecular complexity index is 134. The molecule has 0 aromatic heterocycles. The molecule has 1 fully saturated rings. The van der Waals surface area contributed by atoms with Gasteiger partial charge < -0.3 is 10.4 Å². The number of rotatable bonds is 4. The topological polar surface area (TPSA) is 35.5 Å². The highest BCUT2D eigenvalue weighted by Crippen LogP contribution is 2.11. The molecule has 0 aromatic carbocycles. The van der Waals surface area contributed by atoms with Crippen LogP contribution in [-0.4, -0.2) is 47.8 Å². The second-order valence-corrected chi connectivity index (χ2v) is 3.62. The van der Waals surface area contributed by atoms with Gasteiger partial charge in [-0.05, 0) is 20.4 Å². The molecule has 0 spiro atoms. The van der Waals surface area contributed by atoms with Crippen LogP contribution in [0.3, 0.4) is 0 Å². The van der Waals surface area contributed by atoms with E-state index in [9.17, 15) is 5.11 Å². The summed E-state index contributed by atoms with van der Waals surface area (Å²) in [6, 6.07) is 0.918. The number of aliphatic hydroxyl groups is 1. The number of likely N-dealkylation sites (N-methyl/N-ethyl adjacent to an activating group) is 1. The zero-order valence-corrected chi connectivity index (χ0v) is 8.25. The Morgan fingerprint density at radius 1 is 1.50 bits per heavy atom. The van der Waals surface area contributed by atoms with Gasteiger partial charge in [-0.1, -0.05) is 6.92 Å². The standard InChI is InChI=1S/C9H20N2O/c1-4-11(7(2)8(3)12)9-5-10-6-9/h7-10,12H,4-6H2,1-3H3. The molecule has 1 aliphatic rings. The van der Waals surface area contributed by atoms with Gasteiger partial charge in [0.05, 0.1) is 6.10 Å². The van der Waals surface area contributed by atoms with E-state index in [1.165, 1.54) is 0 Å². The molecule has 1 rings (SSSR count). The van der Waals surface area contributed by atoms with Crippen molar-refractivity contribution < 1.29 is 5.11 Å². The predicted molar refractivity (Wildman–Crippen MR) is 50.2 cm³/mol. The quantitative estimate of drug-likeness (QED) is 0.629. The molecule has 1 heterocycles. The van der Waals surface area contributed by atoms with Crippen LogP contribution >= 0.6 is 0 Å². The lowest BCUT2D eigenvalue weighted by molar-refractivity contribution is 0.0300. The minimum absolute atomic E-state index is 0.231. The van der Waals surface area contributed by atoms with Crippen LogP contribution in [0.25, 0.3) is 0 Å². The summed E-state index contributed by atoms with van der Waals surface area (Å²) in [5, 5.41) is 12.7. The molecule has 2 unspecified atom stereocenters. The van der Waals surface area contributed by atoms with E-state index < -0.39 is 0 Å². The van der Waals surface area contributed by atoms with Crippen molar-refractivity contribution in [3.63, 3.8) is 0 Å². The van der Waals surface area contributed by atoms with E-state index in [0.717, 1.165) is 19.6 Å². The largest absolute Gasteiger partial charge is 0.392 e. The first kappa shape index (κ1) is 9.96. The maximum Gasteiger partial charge on any atom is 0.0664 e. The molecule has 2 N–H and O–H groups in total. The van der Waals surface area contributed by atoms with Gasteiger partial charge in [-0.15, -0.1) is 0 Å². The van der Waals surface area contributed by atoms with Gasteiger partial charge in [-0.25, -0.2) is 0 Å². The molecule has 0 saturated carbocycles. The fourth-order valence-electron chi connectivity index (χ4n) is 1.66. The molecule has 3 nitrogen and oxygen atoms in total. The van der Waals surface area contributed by atoms with Gasteiger partial charge in [-0.3, -0.25) is 4.90 Å². The molecule has 12 heavy (non-hydrogen) atoms. The Morgan fingerprint density at radius 2 is 2.08 bits per heavy atom. The van der Waals surface area contributed by atoms with E-state index in [2.05, 4.69) is 24.1 Å². The van der Waals surface area contributed by atoms with Crippen LogP contribution in [0.4, 0.5) is 0 Å². The van der Waals surface area contributed by atoms with Crippen molar-refractivity contribution in [2.75, 3.05) is 19.6 Å². The molecule has 0 aliphatic carbocycles. The smallest absolute Gasteiger partial charge is 0.0664 e. The molecule has 0 bridgehead atoms. The Kier molecular flexibility index (Phi) is 3.50. The van der Waals surface area contributed by atoms with E-state index in [0.29, 0.717) is 6.04 Å². The number of hydrogen-bond donors (Lipinski definition) is 2. The summed E-state index contributed by atoms with van der Waals surface area (Å²) in [4.78, 5) is 2.36. The summed E-state index contributed by atoms with van der Waals surface area (Å²) in [6.07, 6.45) is -0.231. The zero-order valence-electron chi connectivity index (χ0n) is 8.25. The van der Waals surface area contributed by atoms with Crippen LogP contribution in [0.1, 0.15) is 20.8 Å². The number of nitrogens with one attached hydrogen (secondary N) is 1. The third kappa shape index (κ3) is 1.97. The summed E-state index contributed by atoms with van der Waals surface area (Å²) in [5.74, 6) is 0. The first-order valence-electron chi connectivity index (χ1n) is 4.81. The van der Waals surface area contributed by atoms with Crippen LogP contribution < -0.4 is 5.32 Å². The highest BCUT2D eigenvalue weighted by atomic mass is 16.3. The van der Waals surface area contributed by atoms with Crippen molar-refractivity contribution in [1.82, 2.24) is 10.2 Å². The monoisotopic (exact) mass is 172 g/mol. The zero-order chi connectivity index (χ0) is 9.14. The summed E-state index contributed by atoms with van der Waals surface area (Å²) >= 11 is 0. The fraction of sp³-hybridized carbons (Fsp3) is 1.00. The predicted octanol–water partition coefficient (Wildman–Crippen LogP) is 0.0494. The van der Waals surface area contributed by atoms with Crippen molar-refractivity contribution in [3.8, 4) is 0 Å². The molecular weight excluding hydrogens is 152 g/mol. The van der Waals surface area contributed by atoms with Gasteiger partial charge in [0, 0.05) is 25.2 Å². The number of aliphatic hydroxyl groups excluding tert-OH is 1. The summed E-state index contributed by atoms with van der Waals surface area (Å²) in [5.41, 5.74) is 0. The van der Waals surface area contributed by atoms with Crippen LogP contribution in [0, 0.1) is 0 Å². The van der Waals surface area contributed by atoms with Crippen LogP contribution in [0.5, 0.6) is 0 Å². The molecule has 1 saturated heterocycles. The lowest BCUT2D eigenvalue weighted by Crippen LogP contribution is -2.60. The summed E-state index contributed by atoms with van der Waals surface area (Å²) in [6.45, 7) is 9.28. The highest BCUT2D eigenvalue weighted by molar-refractivity contribution is 4.87. The molecule has 3 heteroatoms. The van der Waals surface area contributed by atoms with E-state index >= 15 is 0 Å². The maximum atomic E-state index is 9.43. The highest BCUT2D eigenvalue weighted by Gasteiger charge is 2.28. The summed E-state index contributed by atoms with van der Waals surface area (Å²) < 4.78 is 0. The van der Waals surface area contributed by atoms with Gasteiger partial charge >= 0.3 is 0 Å². The molecule has 2 atom stereocenters. The lowest BCUT2D eigenvalue weighted by Gasteiger charge is -2.42. The molecule has 1 aliphatic heterocycles. The Hall–Kier alpha value is -0.120. The second kappa shape index (κ2) is 4.21. The van der Waals surface area contributed by atoms with Crippen molar-refractivity contribution in [2.24, 2.45) is 0 Å². The van der Waals surface area contributed by atoms with Crippen LogP contribution in [-0.2, 0) is 0 Å². The van der Waals surface area contributed by atoms with E-state index in [1.54, 1.807) is 0 Å². The molecule has 0 amide bonds. The Balaban J connectivity index is 2.42. The van der Waals surface area contributed by atoms with E-state index in [4.69, 9.17) is 0 Å². The maximum absolute atomic E-state index is 9.43. The van der Waals surface area contributed by atoms with E-state index in [1.807, 2.05) is 6.92 Å². The van der Waals surface area contributed by atoms with Gasteiger partial charge in [0.25, 0.3) is 0 Å². The molecular formula is C9H20N2O. The Morgan fingerprint density at radius 3 is 2.33 bits per heavy atom. The van der Waals surface area contributed by atoms with Crippen LogP contribution in [0.15, 0.2) is 0 Å². The summed E-state index contributed by atoms with van der Waals surface area (Å²) in [7, 11) is 0. The van der Waals surface area contributed by atoms with Crippen LogP contribution in [0.2, 0.25) is 0 Å². The first-order valence-corrected chi connectivity index (χ1v) is 4.81. The second-order valence-electron chi connectivity index (χ2n) is 3.62. The van der Waals surface area contributed by atoms with Crippen molar-refractivity contribution in [2.45, 2.75) is 39.0 Å². The first-order chi connectivity index (χ1) is 5.66. The van der Waals surface area contributed by atoms with Crippen molar-refractivity contribution >= 4 is 0 Å². The van der Waals surface area contributed by atoms with Gasteiger partial charge in [0.15, 0.2) is 0 Å². The Labute approximate surface area is 74.8 Å². The average molecular weight is 172 g/mol. The van der Waals surface area contributed by atoms with E-state index in [-0.39, 0.29) is 12.1 Å². The minimum atomic E-state index is -0.231.